The van der Waals surface area contributed by atoms with E-state index in [-0.39, 0.29) is 5.75 Å². The van der Waals surface area contributed by atoms with Crippen molar-refractivity contribution in [2.75, 3.05) is 20.8 Å². The summed E-state index contributed by atoms with van der Waals surface area (Å²) in [6.45, 7) is 1.05. The Balaban J connectivity index is 2.33. The van der Waals surface area contributed by atoms with Crippen LogP contribution in [0, 0.1) is 0 Å². The van der Waals surface area contributed by atoms with Gasteiger partial charge in [-0.3, -0.25) is 0 Å². The number of ether oxygens (including phenoxy) is 2. The lowest BCUT2D eigenvalue weighted by atomic mass is 10.0. The zero-order valence-electron chi connectivity index (χ0n) is 10.6. The van der Waals surface area contributed by atoms with Crippen LogP contribution in [0.25, 0.3) is 0 Å². The van der Waals surface area contributed by atoms with Gasteiger partial charge in [-0.05, 0) is 31.9 Å². The van der Waals surface area contributed by atoms with Crippen molar-refractivity contribution >= 4 is 15.9 Å². The lowest BCUT2D eigenvalue weighted by molar-refractivity contribution is 0.330. The van der Waals surface area contributed by atoms with E-state index in [0.717, 1.165) is 29.4 Å². The summed E-state index contributed by atoms with van der Waals surface area (Å²) in [6, 6.07) is 2.26. The number of rotatable bonds is 4. The van der Waals surface area contributed by atoms with E-state index in [0.29, 0.717) is 17.5 Å². The van der Waals surface area contributed by atoms with Gasteiger partial charge in [-0.25, -0.2) is 0 Å². The number of halogens is 1. The number of phenolic OH excluding ortho intramolecular Hbond substituents is 1. The normalized spacial score (nSPS) is 18.9. The van der Waals surface area contributed by atoms with Gasteiger partial charge in [0, 0.05) is 16.1 Å². The number of hydrogen-bond donors (Lipinski definition) is 2. The lowest BCUT2D eigenvalue weighted by Crippen LogP contribution is -2.23. The van der Waals surface area contributed by atoms with Crippen molar-refractivity contribution in [1.29, 1.82) is 0 Å². The van der Waals surface area contributed by atoms with Crippen LogP contribution in [0.3, 0.4) is 0 Å². The van der Waals surface area contributed by atoms with Crippen molar-refractivity contribution < 1.29 is 14.6 Å². The van der Waals surface area contributed by atoms with Gasteiger partial charge in [0.25, 0.3) is 0 Å². The minimum Gasteiger partial charge on any atom is -0.504 e. The average Bonchev–Trinajstić information content (AvgIpc) is 2.86. The number of nitrogens with one attached hydrogen (secondary N) is 1. The predicted molar refractivity (Wildman–Crippen MR) is 73.6 cm³/mol. The molecule has 1 aromatic carbocycles. The maximum Gasteiger partial charge on any atom is 0.203 e. The van der Waals surface area contributed by atoms with Gasteiger partial charge in [0.1, 0.15) is 0 Å². The summed E-state index contributed by atoms with van der Waals surface area (Å²) in [5.74, 6) is 1.09. The Morgan fingerprint density at radius 1 is 1.44 bits per heavy atom. The van der Waals surface area contributed by atoms with E-state index in [1.54, 1.807) is 7.11 Å². The van der Waals surface area contributed by atoms with Crippen LogP contribution in [-0.2, 0) is 6.42 Å². The first kappa shape index (κ1) is 13.5. The molecule has 1 heterocycles. The van der Waals surface area contributed by atoms with Gasteiger partial charge in [-0.2, -0.15) is 0 Å². The van der Waals surface area contributed by atoms with Crippen LogP contribution in [0.2, 0.25) is 0 Å². The molecule has 18 heavy (non-hydrogen) atoms. The third-order valence-electron chi connectivity index (χ3n) is 3.31. The molecule has 1 aromatic rings. The number of methoxy groups -OCH3 is 2. The Bertz CT molecular complexity index is 431. The van der Waals surface area contributed by atoms with Crippen LogP contribution in [0.1, 0.15) is 18.4 Å². The fraction of sp³-hybridized carbons (Fsp3) is 0.538. The summed E-state index contributed by atoms with van der Waals surface area (Å²) in [5, 5.41) is 13.7. The molecule has 1 saturated heterocycles. The molecular weight excluding hydrogens is 298 g/mol. The second kappa shape index (κ2) is 5.80. The fourth-order valence-electron chi connectivity index (χ4n) is 2.36. The van der Waals surface area contributed by atoms with Crippen molar-refractivity contribution in [2.45, 2.75) is 25.3 Å². The summed E-state index contributed by atoms with van der Waals surface area (Å²) in [5.41, 5.74) is 0.868. The quantitative estimate of drug-likeness (QED) is 0.896. The Morgan fingerprint density at radius 3 is 2.78 bits per heavy atom. The van der Waals surface area contributed by atoms with E-state index in [2.05, 4.69) is 21.2 Å². The Labute approximate surface area is 115 Å². The molecule has 1 unspecified atom stereocenters. The van der Waals surface area contributed by atoms with E-state index in [1.165, 1.54) is 13.5 Å². The molecule has 0 aromatic heterocycles. The van der Waals surface area contributed by atoms with Gasteiger partial charge in [0.2, 0.25) is 5.75 Å². The molecule has 0 radical (unpaired) electrons. The van der Waals surface area contributed by atoms with Gasteiger partial charge in [-0.1, -0.05) is 15.9 Å². The third kappa shape index (κ3) is 2.57. The molecule has 0 aliphatic carbocycles. The highest BCUT2D eigenvalue weighted by Crippen LogP contribution is 2.43. The molecule has 1 aliphatic rings. The van der Waals surface area contributed by atoms with Crippen LogP contribution in [0.5, 0.6) is 17.2 Å². The molecule has 1 atom stereocenters. The maximum absolute atomic E-state index is 10.3. The van der Waals surface area contributed by atoms with E-state index < -0.39 is 0 Å². The summed E-state index contributed by atoms with van der Waals surface area (Å²) >= 11 is 3.49. The Morgan fingerprint density at radius 2 is 2.22 bits per heavy atom. The van der Waals surface area contributed by atoms with Crippen molar-refractivity contribution in [2.24, 2.45) is 0 Å². The first-order valence-electron chi connectivity index (χ1n) is 6.03. The molecule has 5 heteroatoms. The highest BCUT2D eigenvalue weighted by atomic mass is 79.9. The summed E-state index contributed by atoms with van der Waals surface area (Å²) in [6.07, 6.45) is 3.11. The maximum atomic E-state index is 10.3. The standard InChI is InChI=1S/C13H18BrNO3/c1-17-11-7-10(14)9(12(16)13(11)18-2)6-8-4-3-5-15-8/h7-8,15-16H,3-6H2,1-2H3. The largest absolute Gasteiger partial charge is 0.504 e. The minimum atomic E-state index is 0.164. The zero-order chi connectivity index (χ0) is 13.1. The van der Waals surface area contributed by atoms with Crippen LogP contribution >= 0.6 is 15.9 Å². The second-order valence-corrected chi connectivity index (χ2v) is 5.27. The van der Waals surface area contributed by atoms with Gasteiger partial charge in [0.15, 0.2) is 11.5 Å². The first-order valence-corrected chi connectivity index (χ1v) is 6.82. The molecule has 0 spiro atoms. The highest BCUT2D eigenvalue weighted by molar-refractivity contribution is 9.10. The van der Waals surface area contributed by atoms with Crippen molar-refractivity contribution in [3.8, 4) is 17.2 Å². The van der Waals surface area contributed by atoms with Crippen molar-refractivity contribution in [3.63, 3.8) is 0 Å². The summed E-state index contributed by atoms with van der Waals surface area (Å²) in [7, 11) is 3.09. The van der Waals surface area contributed by atoms with Crippen LogP contribution in [0.4, 0.5) is 0 Å². The number of aromatic hydroxyl groups is 1. The van der Waals surface area contributed by atoms with Gasteiger partial charge >= 0.3 is 0 Å². The van der Waals surface area contributed by atoms with E-state index >= 15 is 0 Å². The SMILES string of the molecule is COc1cc(Br)c(CC2CCCN2)c(O)c1OC. The van der Waals surface area contributed by atoms with Crippen LogP contribution < -0.4 is 14.8 Å². The number of phenols is 1. The number of benzene rings is 1. The fourth-order valence-corrected chi connectivity index (χ4v) is 2.91. The molecule has 2 rings (SSSR count). The minimum absolute atomic E-state index is 0.164. The van der Waals surface area contributed by atoms with Crippen molar-refractivity contribution in [1.82, 2.24) is 5.32 Å². The van der Waals surface area contributed by atoms with Crippen molar-refractivity contribution in [3.05, 3.63) is 16.1 Å². The Hall–Kier alpha value is -0.940. The molecule has 2 N–H and O–H groups in total. The van der Waals surface area contributed by atoms with Gasteiger partial charge < -0.3 is 19.9 Å². The molecule has 4 nitrogen and oxygen atoms in total. The zero-order valence-corrected chi connectivity index (χ0v) is 12.2. The molecular formula is C13H18BrNO3. The smallest absolute Gasteiger partial charge is 0.203 e. The molecule has 1 fully saturated rings. The molecule has 0 saturated carbocycles. The van der Waals surface area contributed by atoms with E-state index in [9.17, 15) is 5.11 Å². The monoisotopic (exact) mass is 315 g/mol. The third-order valence-corrected chi connectivity index (χ3v) is 4.02. The highest BCUT2D eigenvalue weighted by Gasteiger charge is 2.22. The number of hydrogen-bond acceptors (Lipinski definition) is 4. The molecule has 0 amide bonds. The molecule has 100 valence electrons. The lowest BCUT2D eigenvalue weighted by Gasteiger charge is -2.17. The van der Waals surface area contributed by atoms with Crippen LogP contribution in [-0.4, -0.2) is 31.9 Å². The van der Waals surface area contributed by atoms with E-state index in [1.807, 2.05) is 6.07 Å². The summed E-state index contributed by atoms with van der Waals surface area (Å²) in [4.78, 5) is 0. The molecule has 0 bridgehead atoms. The van der Waals surface area contributed by atoms with E-state index in [4.69, 9.17) is 9.47 Å². The summed E-state index contributed by atoms with van der Waals surface area (Å²) < 4.78 is 11.3. The average molecular weight is 316 g/mol. The van der Waals surface area contributed by atoms with Gasteiger partial charge in [0.05, 0.1) is 14.2 Å². The topological polar surface area (TPSA) is 50.7 Å². The predicted octanol–water partition coefficient (Wildman–Crippen LogP) is 2.47. The molecule has 1 aliphatic heterocycles. The Kier molecular flexibility index (Phi) is 4.35. The van der Waals surface area contributed by atoms with Crippen LogP contribution in [0.15, 0.2) is 10.5 Å². The first-order chi connectivity index (χ1) is 8.67. The van der Waals surface area contributed by atoms with Gasteiger partial charge in [-0.15, -0.1) is 0 Å². The second-order valence-electron chi connectivity index (χ2n) is 4.42.